The standard InChI is InChI=1S/C31H52FNO9/c1-13-22-29(6,37)15-17(2)23(34)18(3)16-30(7,39-12)26(20(5)25(35)31(8,32)28(36)41-22)42-27-24(38-11)21(33(9)10)14-19(4)40-27/h15,18-22,24,26-27,37H,13-14,16H2,1-12H3/b17-15+/t18-,19?,20+,21?,22-,24?,26-,27?,29+,30-,31+/m1/s1. The summed E-state index contributed by atoms with van der Waals surface area (Å²) in [5, 5.41) is 11.1. The number of halogens is 1. The van der Waals surface area contributed by atoms with Crippen LogP contribution in [0.5, 0.6) is 0 Å². The second kappa shape index (κ2) is 13.9. The molecule has 0 bridgehead atoms. The number of ether oxygens (including phenoxy) is 5. The lowest BCUT2D eigenvalue weighted by atomic mass is 9.76. The maximum atomic E-state index is 16.2. The number of carbonyl (C=O) groups excluding carboxylic acids is 3. The first-order valence-corrected chi connectivity index (χ1v) is 14.7. The molecule has 42 heavy (non-hydrogen) atoms. The quantitative estimate of drug-likeness (QED) is 0.358. The number of nitrogens with zero attached hydrogens (tertiary/aromatic N) is 1. The van der Waals surface area contributed by atoms with Crippen LogP contribution in [0.4, 0.5) is 4.39 Å². The molecule has 0 spiro atoms. The molecule has 11 heteroatoms. The second-order valence-corrected chi connectivity index (χ2v) is 12.8. The van der Waals surface area contributed by atoms with E-state index in [1.54, 1.807) is 27.7 Å². The van der Waals surface area contributed by atoms with Crippen LogP contribution in [0.1, 0.15) is 74.7 Å². The first kappa shape index (κ1) is 36.4. The van der Waals surface area contributed by atoms with Crippen LogP contribution in [-0.2, 0) is 38.1 Å². The molecule has 242 valence electrons. The van der Waals surface area contributed by atoms with Crippen molar-refractivity contribution in [2.45, 2.75) is 128 Å². The Labute approximate surface area is 250 Å². The van der Waals surface area contributed by atoms with Gasteiger partial charge in [0, 0.05) is 32.1 Å². The fraction of sp³-hybridized carbons (Fsp3) is 0.839. The summed E-state index contributed by atoms with van der Waals surface area (Å²) in [6.07, 6.45) is -1.94. The Morgan fingerprint density at radius 1 is 1.12 bits per heavy atom. The van der Waals surface area contributed by atoms with Crippen molar-refractivity contribution in [1.29, 1.82) is 0 Å². The molecule has 0 radical (unpaired) electrons. The topological polar surface area (TPSA) is 121 Å². The summed E-state index contributed by atoms with van der Waals surface area (Å²) in [5.74, 6) is -4.68. The number of ketones is 2. The highest BCUT2D eigenvalue weighted by molar-refractivity contribution is 6.08. The van der Waals surface area contributed by atoms with Crippen LogP contribution in [0.3, 0.4) is 0 Å². The molecule has 11 atom stereocenters. The fourth-order valence-corrected chi connectivity index (χ4v) is 6.36. The Balaban J connectivity index is 2.71. The van der Waals surface area contributed by atoms with Crippen molar-refractivity contribution in [2.75, 3.05) is 28.3 Å². The molecule has 0 saturated carbocycles. The number of aliphatic hydroxyl groups is 1. The van der Waals surface area contributed by atoms with E-state index in [-0.39, 0.29) is 36.3 Å². The summed E-state index contributed by atoms with van der Waals surface area (Å²) in [5.41, 5.74) is -5.93. The number of carbonyl (C=O) groups is 3. The number of hydrogen-bond acceptors (Lipinski definition) is 10. The highest BCUT2D eigenvalue weighted by atomic mass is 19.1. The average molecular weight is 602 g/mol. The van der Waals surface area contributed by atoms with Crippen molar-refractivity contribution < 1.29 is 47.6 Å². The van der Waals surface area contributed by atoms with Gasteiger partial charge in [0.15, 0.2) is 17.9 Å². The van der Waals surface area contributed by atoms with Crippen molar-refractivity contribution in [3.8, 4) is 0 Å². The van der Waals surface area contributed by atoms with Gasteiger partial charge in [-0.05, 0) is 79.6 Å². The molecular formula is C31H52FNO9. The molecule has 10 nitrogen and oxygen atoms in total. The number of hydrogen-bond donors (Lipinski definition) is 1. The predicted octanol–water partition coefficient (Wildman–Crippen LogP) is 3.42. The Kier molecular flexibility index (Phi) is 12.1. The summed E-state index contributed by atoms with van der Waals surface area (Å²) in [6.45, 7) is 12.2. The van der Waals surface area contributed by atoms with Crippen molar-refractivity contribution in [1.82, 2.24) is 4.90 Å². The van der Waals surface area contributed by atoms with Crippen LogP contribution in [-0.4, -0.2) is 109 Å². The monoisotopic (exact) mass is 601 g/mol. The number of esters is 1. The molecule has 1 fully saturated rings. The van der Waals surface area contributed by atoms with Crippen molar-refractivity contribution in [3.05, 3.63) is 11.6 Å². The second-order valence-electron chi connectivity index (χ2n) is 12.8. The third kappa shape index (κ3) is 7.65. The van der Waals surface area contributed by atoms with Crippen LogP contribution in [0, 0.1) is 11.8 Å². The summed E-state index contributed by atoms with van der Waals surface area (Å²) >= 11 is 0. The van der Waals surface area contributed by atoms with E-state index in [9.17, 15) is 19.5 Å². The SMILES string of the molecule is CC[C@H]1OC(=O)[C@@](C)(F)C(=O)[C@H](C)[C@@H](OC2OC(C)CC(N(C)C)C2OC)[C@](C)(OC)C[C@@H](C)C(=O)/C(C)=C/[C@]1(C)O. The number of likely N-dealkylation sites (N-methyl/N-ethyl adjacent to an activating group) is 1. The Bertz CT molecular complexity index is 1010. The molecule has 0 amide bonds. The molecule has 1 N–H and O–H groups in total. The largest absolute Gasteiger partial charge is 0.456 e. The van der Waals surface area contributed by atoms with Crippen LogP contribution in [0.25, 0.3) is 0 Å². The number of allylic oxidation sites excluding steroid dienone is 1. The zero-order valence-electron chi connectivity index (χ0n) is 27.4. The van der Waals surface area contributed by atoms with E-state index in [2.05, 4.69) is 0 Å². The van der Waals surface area contributed by atoms with Crippen LogP contribution >= 0.6 is 0 Å². The highest BCUT2D eigenvalue weighted by Gasteiger charge is 2.54. The minimum absolute atomic E-state index is 0.0830. The lowest BCUT2D eigenvalue weighted by molar-refractivity contribution is -0.299. The van der Waals surface area contributed by atoms with Gasteiger partial charge in [-0.25, -0.2) is 9.18 Å². The highest BCUT2D eigenvalue weighted by Crippen LogP contribution is 2.38. The molecular weight excluding hydrogens is 549 g/mol. The van der Waals surface area contributed by atoms with Gasteiger partial charge in [-0.15, -0.1) is 0 Å². The summed E-state index contributed by atoms with van der Waals surface area (Å²) in [4.78, 5) is 42.5. The number of rotatable bonds is 6. The molecule has 1 saturated heterocycles. The summed E-state index contributed by atoms with van der Waals surface area (Å²) in [6, 6.07) is -0.0875. The third-order valence-electron chi connectivity index (χ3n) is 8.91. The van der Waals surface area contributed by atoms with Gasteiger partial charge < -0.3 is 33.7 Å². The summed E-state index contributed by atoms with van der Waals surface area (Å²) < 4.78 is 46.1. The Hall–Kier alpha value is -1.76. The lowest BCUT2D eigenvalue weighted by Crippen LogP contribution is -2.60. The van der Waals surface area contributed by atoms with E-state index in [4.69, 9.17) is 23.7 Å². The third-order valence-corrected chi connectivity index (χ3v) is 8.91. The average Bonchev–Trinajstić information content (AvgIpc) is 2.91. The first-order chi connectivity index (χ1) is 19.3. The van der Waals surface area contributed by atoms with Crippen molar-refractivity contribution >= 4 is 17.5 Å². The minimum atomic E-state index is -3.07. The van der Waals surface area contributed by atoms with Gasteiger partial charge in [-0.3, -0.25) is 9.59 Å². The van der Waals surface area contributed by atoms with Crippen LogP contribution < -0.4 is 0 Å². The molecule has 0 aromatic rings. The summed E-state index contributed by atoms with van der Waals surface area (Å²) in [7, 11) is 6.81. The predicted molar refractivity (Wildman–Crippen MR) is 155 cm³/mol. The van der Waals surface area contributed by atoms with Crippen LogP contribution in [0.15, 0.2) is 11.6 Å². The van der Waals surface area contributed by atoms with Crippen molar-refractivity contribution in [3.63, 3.8) is 0 Å². The van der Waals surface area contributed by atoms with E-state index in [0.29, 0.717) is 6.42 Å². The first-order valence-electron chi connectivity index (χ1n) is 14.7. The lowest BCUT2D eigenvalue weighted by Gasteiger charge is -2.47. The smallest absolute Gasteiger partial charge is 0.351 e. The number of cyclic esters (lactones) is 1. The number of alkyl halides is 1. The molecule has 0 aromatic heterocycles. The Morgan fingerprint density at radius 2 is 1.71 bits per heavy atom. The zero-order valence-corrected chi connectivity index (χ0v) is 27.4. The molecule has 4 unspecified atom stereocenters. The maximum absolute atomic E-state index is 16.2. The molecule has 2 aliphatic rings. The minimum Gasteiger partial charge on any atom is -0.456 e. The molecule has 2 heterocycles. The van der Waals surface area contributed by atoms with Gasteiger partial charge in [-0.1, -0.05) is 20.8 Å². The van der Waals surface area contributed by atoms with Gasteiger partial charge in [0.2, 0.25) is 0 Å². The Morgan fingerprint density at radius 3 is 2.21 bits per heavy atom. The normalized spacial score (nSPS) is 44.4. The van der Waals surface area contributed by atoms with Gasteiger partial charge in [0.1, 0.15) is 17.8 Å². The molecule has 2 aliphatic heterocycles. The molecule has 2 rings (SSSR count). The zero-order chi connectivity index (χ0) is 32.4. The van der Waals surface area contributed by atoms with Gasteiger partial charge in [0.25, 0.3) is 5.67 Å². The number of methoxy groups -OCH3 is 2. The van der Waals surface area contributed by atoms with E-state index in [1.807, 2.05) is 25.9 Å². The maximum Gasteiger partial charge on any atom is 0.351 e. The van der Waals surface area contributed by atoms with E-state index in [1.165, 1.54) is 34.1 Å². The number of Topliss-reactive ketones (excluding diaryl/α,β-unsaturated/α-hetero) is 2. The molecule has 0 aromatic carbocycles. The fourth-order valence-electron chi connectivity index (χ4n) is 6.36. The van der Waals surface area contributed by atoms with E-state index < -0.39 is 65.1 Å². The van der Waals surface area contributed by atoms with Gasteiger partial charge >= 0.3 is 5.97 Å². The van der Waals surface area contributed by atoms with Gasteiger partial charge in [0.05, 0.1) is 17.8 Å². The van der Waals surface area contributed by atoms with E-state index >= 15 is 4.39 Å². The van der Waals surface area contributed by atoms with Crippen molar-refractivity contribution in [2.24, 2.45) is 11.8 Å². The van der Waals surface area contributed by atoms with Crippen LogP contribution in [0.2, 0.25) is 0 Å². The van der Waals surface area contributed by atoms with E-state index in [0.717, 1.165) is 6.92 Å². The van der Waals surface area contributed by atoms with Gasteiger partial charge in [-0.2, -0.15) is 0 Å². The molecule has 0 aliphatic carbocycles.